The van der Waals surface area contributed by atoms with Gasteiger partial charge in [-0.25, -0.2) is 4.98 Å². The van der Waals surface area contributed by atoms with E-state index < -0.39 is 0 Å². The smallest absolute Gasteiger partial charge is 0.253 e. The first-order valence-corrected chi connectivity index (χ1v) is 13.1. The van der Waals surface area contributed by atoms with Crippen LogP contribution in [0.2, 0.25) is 0 Å². The third kappa shape index (κ3) is 5.16. The van der Waals surface area contributed by atoms with E-state index in [2.05, 4.69) is 20.5 Å². The number of nitrogens with one attached hydrogen (secondary N) is 2. The molecule has 0 unspecified atom stereocenters. The van der Waals surface area contributed by atoms with Crippen molar-refractivity contribution in [1.29, 1.82) is 0 Å². The molecule has 5 rings (SSSR count). The Bertz CT molecular complexity index is 1300. The molecular formula is C30H34N4O4. The van der Waals surface area contributed by atoms with Gasteiger partial charge in [0, 0.05) is 47.6 Å². The van der Waals surface area contributed by atoms with E-state index in [1.165, 1.54) is 0 Å². The zero-order valence-electron chi connectivity index (χ0n) is 22.1. The van der Waals surface area contributed by atoms with Crippen molar-refractivity contribution in [2.75, 3.05) is 19.1 Å². The first-order valence-electron chi connectivity index (χ1n) is 13.1. The topological polar surface area (TPSA) is 92.8 Å². The summed E-state index contributed by atoms with van der Waals surface area (Å²) in [5.41, 5.74) is 2.94. The highest BCUT2D eigenvalue weighted by Crippen LogP contribution is 2.38. The van der Waals surface area contributed by atoms with Gasteiger partial charge in [-0.05, 0) is 62.9 Å². The highest BCUT2D eigenvalue weighted by Gasteiger charge is 2.42. The summed E-state index contributed by atoms with van der Waals surface area (Å²) < 4.78 is 10.7. The molecule has 2 aromatic carbocycles. The number of methoxy groups -OCH3 is 2. The number of para-hydroxylation sites is 1. The van der Waals surface area contributed by atoms with E-state index >= 15 is 0 Å². The minimum atomic E-state index is -0.174. The third-order valence-corrected chi connectivity index (χ3v) is 7.72. The van der Waals surface area contributed by atoms with E-state index in [9.17, 15) is 9.59 Å². The molecule has 0 saturated carbocycles. The van der Waals surface area contributed by atoms with Crippen molar-refractivity contribution in [2.45, 2.75) is 57.3 Å². The summed E-state index contributed by atoms with van der Waals surface area (Å²) in [4.78, 5) is 32.8. The molecule has 3 heterocycles. The predicted molar refractivity (Wildman–Crippen MR) is 146 cm³/mol. The Morgan fingerprint density at radius 2 is 1.63 bits per heavy atom. The summed E-state index contributed by atoms with van der Waals surface area (Å²) in [5.74, 6) is 2.12. The van der Waals surface area contributed by atoms with Crippen LogP contribution in [0.3, 0.4) is 0 Å². The van der Waals surface area contributed by atoms with Crippen LogP contribution in [-0.2, 0) is 6.54 Å². The van der Waals surface area contributed by atoms with E-state index in [1.54, 1.807) is 20.4 Å². The third-order valence-electron chi connectivity index (χ3n) is 7.72. The number of aromatic nitrogens is 1. The molecule has 2 aliphatic rings. The summed E-state index contributed by atoms with van der Waals surface area (Å²) in [6.07, 6.45) is 5.52. The molecular weight excluding hydrogens is 480 g/mol. The van der Waals surface area contributed by atoms with Gasteiger partial charge in [0.2, 0.25) is 0 Å². The summed E-state index contributed by atoms with van der Waals surface area (Å²) in [7, 11) is 3.24. The number of fused-ring (bicyclic) bond motifs is 2. The van der Waals surface area contributed by atoms with Crippen molar-refractivity contribution < 1.29 is 19.1 Å². The van der Waals surface area contributed by atoms with Gasteiger partial charge in [0.25, 0.3) is 11.8 Å². The molecule has 38 heavy (non-hydrogen) atoms. The maximum Gasteiger partial charge on any atom is 0.253 e. The van der Waals surface area contributed by atoms with Crippen LogP contribution in [0, 0.1) is 6.92 Å². The fourth-order valence-corrected chi connectivity index (χ4v) is 5.81. The van der Waals surface area contributed by atoms with Crippen molar-refractivity contribution in [3.8, 4) is 11.5 Å². The number of ether oxygens (including phenoxy) is 2. The van der Waals surface area contributed by atoms with Crippen LogP contribution in [0.4, 0.5) is 5.82 Å². The van der Waals surface area contributed by atoms with E-state index in [4.69, 9.17) is 9.47 Å². The molecule has 198 valence electrons. The second-order valence-corrected chi connectivity index (χ2v) is 9.97. The van der Waals surface area contributed by atoms with Gasteiger partial charge in [-0.2, -0.15) is 0 Å². The predicted octanol–water partition coefficient (Wildman–Crippen LogP) is 4.27. The van der Waals surface area contributed by atoms with Crippen LogP contribution in [0.15, 0.2) is 60.8 Å². The van der Waals surface area contributed by atoms with Crippen LogP contribution in [-0.4, -0.2) is 49.1 Å². The Morgan fingerprint density at radius 3 is 2.32 bits per heavy atom. The Labute approximate surface area is 223 Å². The van der Waals surface area contributed by atoms with Crippen molar-refractivity contribution in [3.63, 3.8) is 0 Å². The van der Waals surface area contributed by atoms with Gasteiger partial charge in [-0.3, -0.25) is 9.59 Å². The lowest BCUT2D eigenvalue weighted by atomic mass is 9.96. The van der Waals surface area contributed by atoms with Gasteiger partial charge >= 0.3 is 0 Å². The van der Waals surface area contributed by atoms with Crippen molar-refractivity contribution in [1.82, 2.24) is 15.6 Å². The number of hydrogen-bond acceptors (Lipinski definition) is 6. The fraction of sp³-hybridized carbons (Fsp3) is 0.367. The molecule has 3 atom stereocenters. The number of piperidine rings is 1. The highest BCUT2D eigenvalue weighted by molar-refractivity contribution is 5.96. The van der Waals surface area contributed by atoms with Crippen LogP contribution < -0.4 is 25.0 Å². The second kappa shape index (κ2) is 11.1. The number of pyridine rings is 1. The molecule has 0 spiro atoms. The molecule has 8 nitrogen and oxygen atoms in total. The zero-order chi connectivity index (χ0) is 26.6. The average molecular weight is 515 g/mol. The van der Waals surface area contributed by atoms with Gasteiger partial charge in [-0.15, -0.1) is 0 Å². The average Bonchev–Trinajstić information content (AvgIpc) is 3.21. The van der Waals surface area contributed by atoms with Crippen LogP contribution in [0.1, 0.15) is 57.5 Å². The standard InChI is InChI=1S/C30H34N4O4/c1-19-25(8-6-10-26(19)37-2)30(36)33-22-15-23-12-13-24(16-22)34(23)28-14-11-21(18-31-28)29(35)32-17-20-7-4-5-9-27(20)38-3/h4-11,14,18,22-24H,12-13,15-17H2,1-3H3,(H,32,35)(H,33,36)/t22-,23+,24-. The number of carbonyl (C=O) groups is 2. The number of nitrogens with zero attached hydrogens (tertiary/aromatic N) is 2. The molecule has 0 radical (unpaired) electrons. The summed E-state index contributed by atoms with van der Waals surface area (Å²) >= 11 is 0. The lowest BCUT2D eigenvalue weighted by Crippen LogP contribution is -2.50. The fourth-order valence-electron chi connectivity index (χ4n) is 5.81. The molecule has 3 aromatic rings. The molecule has 2 fully saturated rings. The maximum absolute atomic E-state index is 13.0. The van der Waals surface area contributed by atoms with Gasteiger partial charge in [0.1, 0.15) is 17.3 Å². The van der Waals surface area contributed by atoms with Crippen molar-refractivity contribution in [2.24, 2.45) is 0 Å². The molecule has 8 heteroatoms. The van der Waals surface area contributed by atoms with Gasteiger partial charge in [0.05, 0.1) is 19.8 Å². The van der Waals surface area contributed by atoms with E-state index in [-0.39, 0.29) is 17.9 Å². The number of hydrogen-bond donors (Lipinski definition) is 2. The molecule has 2 saturated heterocycles. The Morgan fingerprint density at radius 1 is 0.921 bits per heavy atom. The van der Waals surface area contributed by atoms with E-state index in [1.807, 2.05) is 61.5 Å². The molecule has 2 amide bonds. The quantitative estimate of drug-likeness (QED) is 0.467. The molecule has 2 bridgehead atoms. The number of rotatable bonds is 8. The molecule has 2 aliphatic heterocycles. The SMILES string of the molecule is COc1ccccc1CNC(=O)c1ccc(N2[C@@H]3CC[C@H]2C[C@@H](NC(=O)c2cccc(OC)c2C)C3)nc1. The Balaban J connectivity index is 1.20. The monoisotopic (exact) mass is 514 g/mol. The van der Waals surface area contributed by atoms with E-state index in [0.717, 1.165) is 54.1 Å². The summed E-state index contributed by atoms with van der Waals surface area (Å²) in [6, 6.07) is 17.7. The van der Waals surface area contributed by atoms with E-state index in [0.29, 0.717) is 29.8 Å². The number of anilines is 1. The first-order chi connectivity index (χ1) is 18.5. The Hall–Kier alpha value is -4.07. The summed E-state index contributed by atoms with van der Waals surface area (Å²) in [5, 5.41) is 6.20. The zero-order valence-corrected chi connectivity index (χ0v) is 22.1. The number of benzene rings is 2. The first kappa shape index (κ1) is 25.6. The van der Waals surface area contributed by atoms with Gasteiger partial charge in [-0.1, -0.05) is 24.3 Å². The number of carbonyl (C=O) groups excluding carboxylic acids is 2. The molecule has 1 aromatic heterocycles. The normalized spacial score (nSPS) is 20.1. The van der Waals surface area contributed by atoms with Crippen LogP contribution >= 0.6 is 0 Å². The number of amides is 2. The largest absolute Gasteiger partial charge is 0.496 e. The minimum Gasteiger partial charge on any atom is -0.496 e. The lowest BCUT2D eigenvalue weighted by molar-refractivity contribution is 0.0923. The summed E-state index contributed by atoms with van der Waals surface area (Å²) in [6.45, 7) is 2.29. The molecule has 2 N–H and O–H groups in total. The second-order valence-electron chi connectivity index (χ2n) is 9.97. The Kier molecular flexibility index (Phi) is 7.49. The van der Waals surface area contributed by atoms with Crippen LogP contribution in [0.25, 0.3) is 0 Å². The van der Waals surface area contributed by atoms with Crippen molar-refractivity contribution in [3.05, 3.63) is 83.0 Å². The van der Waals surface area contributed by atoms with Crippen molar-refractivity contribution >= 4 is 17.6 Å². The minimum absolute atomic E-state index is 0.0548. The maximum atomic E-state index is 13.0. The highest BCUT2D eigenvalue weighted by atomic mass is 16.5. The van der Waals surface area contributed by atoms with Gasteiger partial charge in [0.15, 0.2) is 0 Å². The van der Waals surface area contributed by atoms with Gasteiger partial charge < -0.3 is 25.0 Å². The molecule has 0 aliphatic carbocycles. The lowest BCUT2D eigenvalue weighted by Gasteiger charge is -2.40. The van der Waals surface area contributed by atoms with Crippen LogP contribution in [0.5, 0.6) is 11.5 Å².